The van der Waals surface area contributed by atoms with Crippen LogP contribution in [0.25, 0.3) is 0 Å². The van der Waals surface area contributed by atoms with Gasteiger partial charge < -0.3 is 20.5 Å². The average Bonchev–Trinajstić information content (AvgIpc) is 4.00. The molecule has 0 bridgehead atoms. The van der Waals surface area contributed by atoms with E-state index >= 15 is 0 Å². The molecule has 0 saturated heterocycles. The SMILES string of the molecule is C/C(=N\NC(C)C)C(C)C.C/C(=N\OC(C)C)C(C)C.CC(C)/C=N/NC(C)C.CC(C)/C=N/OC(C)C.CC(C)c1ccc(C2=NCC=C3CCC(C(C)C)CCCC32)cc1.CC(C)c1cn(C(C)C)nn1.CC(C)c1cn(C(C)C)nn1. The minimum atomic E-state index is 0.189. The van der Waals surface area contributed by atoms with Crippen molar-refractivity contribution >= 4 is 29.6 Å². The van der Waals surface area contributed by atoms with E-state index in [1.54, 1.807) is 11.8 Å². The van der Waals surface area contributed by atoms with Crippen LogP contribution in [-0.2, 0) is 9.68 Å². The molecule has 2 N–H and O–H groups in total. The molecule has 2 aliphatic rings. The Bertz CT molecular complexity index is 2140. The fourth-order valence-electron chi connectivity index (χ4n) is 7.25. The van der Waals surface area contributed by atoms with Gasteiger partial charge in [0.2, 0.25) is 0 Å². The first kappa shape index (κ1) is 80.9. The van der Waals surface area contributed by atoms with E-state index in [0.29, 0.717) is 71.5 Å². The second-order valence-electron chi connectivity index (χ2n) is 26.7. The standard InChI is InChI=1S/C23H33N.2C8H15N3.C8H18N2.C8H17NO.C7H16N2.C7H15NO/c1-16(2)18-6-5-7-22-20(11-8-18)14-15-24-23(22)21-12-9-19(10-13-21)17(3)4;2*1-6(2)8-5-11(7(3)4)10-9-8;1-6(2)8(5)10-9-7(3)4;1-6(2)8(5)9-10-7(3)4;2*1-6(2)5-8-9-7(3)4/h9-10,12-14,16-18,22H,5-8,11,15H2,1-4H3;2*5-7H,1-4H3;6-7,9H,1-5H3;6-7H,1-5H3;5-7,9H,1-4H3;5-7H,1-4H3/b;;;10-8+;9-8+;2*8-5+. The zero-order chi connectivity index (χ0) is 64.8. The first-order valence-corrected chi connectivity index (χ1v) is 32.3. The summed E-state index contributed by atoms with van der Waals surface area (Å²) in [5.41, 5.74) is 16.1. The number of aliphatic imine (C=N–C) groups is 1. The maximum atomic E-state index is 5.05. The highest BCUT2D eigenvalue weighted by Crippen LogP contribution is 2.37. The summed E-state index contributed by atoms with van der Waals surface area (Å²) in [5.74, 6) is 5.88. The molecule has 0 radical (unpaired) electrons. The van der Waals surface area contributed by atoms with Crippen LogP contribution in [0.15, 0.2) is 73.8 Å². The number of benzene rings is 1. The molecule has 15 nitrogen and oxygen atoms in total. The lowest BCUT2D eigenvalue weighted by atomic mass is 9.75. The normalized spacial score (nSPS) is 15.7. The Morgan fingerprint density at radius 3 is 1.43 bits per heavy atom. The Morgan fingerprint density at radius 1 is 0.571 bits per heavy atom. The number of nitrogens with zero attached hydrogens (tertiary/aromatic N) is 11. The highest BCUT2D eigenvalue weighted by atomic mass is 16.6. The Labute approximate surface area is 516 Å². The molecule has 2 aromatic heterocycles. The molecule has 84 heavy (non-hydrogen) atoms. The number of hydrogen-bond acceptors (Lipinski definition) is 13. The van der Waals surface area contributed by atoms with Crippen LogP contribution in [0, 0.1) is 41.4 Å². The summed E-state index contributed by atoms with van der Waals surface area (Å²) in [6.07, 6.45) is 17.2. The summed E-state index contributed by atoms with van der Waals surface area (Å²) >= 11 is 0. The minimum absolute atomic E-state index is 0.189. The minimum Gasteiger partial charge on any atom is -0.393 e. The molecule has 0 spiro atoms. The molecule has 1 fully saturated rings. The Balaban J connectivity index is 0. The average molecular weight is 1170 g/mol. The van der Waals surface area contributed by atoms with Crippen LogP contribution in [0.2, 0.25) is 0 Å². The maximum absolute atomic E-state index is 5.05. The van der Waals surface area contributed by atoms with E-state index in [0.717, 1.165) is 41.2 Å². The fourth-order valence-corrected chi connectivity index (χ4v) is 7.25. The summed E-state index contributed by atoms with van der Waals surface area (Å²) in [5, 5.41) is 32.0. The van der Waals surface area contributed by atoms with Crippen molar-refractivity contribution in [2.24, 2.45) is 66.9 Å². The lowest BCUT2D eigenvalue weighted by molar-refractivity contribution is 0.0847. The van der Waals surface area contributed by atoms with E-state index in [1.807, 2.05) is 69.5 Å². The van der Waals surface area contributed by atoms with Crippen molar-refractivity contribution in [3.8, 4) is 0 Å². The van der Waals surface area contributed by atoms with Gasteiger partial charge in [-0.1, -0.05) is 180 Å². The molecule has 0 amide bonds. The van der Waals surface area contributed by atoms with Crippen LogP contribution in [0.1, 0.15) is 292 Å². The summed E-state index contributed by atoms with van der Waals surface area (Å²) in [4.78, 5) is 14.9. The Hall–Kier alpha value is -5.21. The van der Waals surface area contributed by atoms with E-state index in [4.69, 9.17) is 14.7 Å². The van der Waals surface area contributed by atoms with Crippen molar-refractivity contribution in [2.75, 3.05) is 6.54 Å². The van der Waals surface area contributed by atoms with Crippen molar-refractivity contribution < 1.29 is 9.68 Å². The number of nitrogens with one attached hydrogen (secondary N) is 2. The first-order valence-electron chi connectivity index (χ1n) is 32.3. The third kappa shape index (κ3) is 39.4. The number of allylic oxidation sites excluding steroid dienone is 1. The van der Waals surface area contributed by atoms with Gasteiger partial charge in [-0.15, -0.1) is 10.2 Å². The van der Waals surface area contributed by atoms with Gasteiger partial charge in [-0.25, -0.2) is 9.36 Å². The van der Waals surface area contributed by atoms with Crippen LogP contribution in [0.3, 0.4) is 0 Å². The summed E-state index contributed by atoms with van der Waals surface area (Å²) < 4.78 is 3.77. The van der Waals surface area contributed by atoms with Crippen molar-refractivity contribution in [3.05, 3.63) is 70.8 Å². The molecule has 1 saturated carbocycles. The quantitative estimate of drug-likeness (QED) is 0.0680. The first-order chi connectivity index (χ1) is 39.1. The number of fused-ring (bicyclic) bond motifs is 1. The maximum Gasteiger partial charge on any atom is 0.122 e. The van der Waals surface area contributed by atoms with Gasteiger partial charge in [0, 0.05) is 66.3 Å². The Kier molecular flexibility index (Phi) is 43.5. The number of rotatable bonds is 19. The lowest BCUT2D eigenvalue weighted by Crippen LogP contribution is -2.25. The van der Waals surface area contributed by atoms with Gasteiger partial charge in [0.25, 0.3) is 0 Å². The third-order valence-corrected chi connectivity index (χ3v) is 13.3. The molecule has 2 unspecified atom stereocenters. The smallest absolute Gasteiger partial charge is 0.122 e. The predicted octanol–water partition coefficient (Wildman–Crippen LogP) is 18.5. The summed E-state index contributed by atoms with van der Waals surface area (Å²) in [7, 11) is 0. The molecule has 3 aromatic rings. The highest BCUT2D eigenvalue weighted by Gasteiger charge is 2.28. The fraction of sp³-hybridized carbons (Fsp3) is 0.754. The molecule has 2 atom stereocenters. The highest BCUT2D eigenvalue weighted by molar-refractivity contribution is 6.04. The summed E-state index contributed by atoms with van der Waals surface area (Å²) in [6.45, 7) is 64.0. The van der Waals surface area contributed by atoms with E-state index < -0.39 is 0 Å². The van der Waals surface area contributed by atoms with Crippen LogP contribution in [0.4, 0.5) is 0 Å². The number of aromatic nitrogens is 6. The molecular formula is C69H129N13O2. The van der Waals surface area contributed by atoms with E-state index in [-0.39, 0.29) is 12.2 Å². The monoisotopic (exact) mass is 1170 g/mol. The molecule has 5 rings (SSSR count). The lowest BCUT2D eigenvalue weighted by Gasteiger charge is -2.32. The molecule has 3 heterocycles. The van der Waals surface area contributed by atoms with Crippen LogP contribution in [0.5, 0.6) is 0 Å². The second kappa shape index (κ2) is 45.2. The van der Waals surface area contributed by atoms with Gasteiger partial charge in [-0.05, 0) is 181 Å². The zero-order valence-electron chi connectivity index (χ0n) is 59.4. The molecule has 15 heteroatoms. The molecular weight excluding hydrogens is 1040 g/mol. The Morgan fingerprint density at radius 2 is 1.06 bits per heavy atom. The largest absolute Gasteiger partial charge is 0.393 e. The predicted molar refractivity (Wildman–Crippen MR) is 365 cm³/mol. The van der Waals surface area contributed by atoms with Crippen molar-refractivity contribution in [1.29, 1.82) is 0 Å². The van der Waals surface area contributed by atoms with Crippen LogP contribution < -0.4 is 10.9 Å². The van der Waals surface area contributed by atoms with Gasteiger partial charge in [0.15, 0.2) is 0 Å². The second-order valence-corrected chi connectivity index (χ2v) is 26.7. The molecule has 1 aromatic carbocycles. The van der Waals surface area contributed by atoms with Crippen LogP contribution >= 0.6 is 0 Å². The number of dihydropyridines is 1. The molecule has 1 aliphatic heterocycles. The van der Waals surface area contributed by atoms with E-state index in [1.165, 1.54) is 48.9 Å². The summed E-state index contributed by atoms with van der Waals surface area (Å²) in [6, 6.07) is 10.9. The van der Waals surface area contributed by atoms with Crippen molar-refractivity contribution in [1.82, 2.24) is 40.8 Å². The van der Waals surface area contributed by atoms with Crippen LogP contribution in [-0.4, -0.2) is 90.4 Å². The number of hydrogen-bond donors (Lipinski definition) is 2. The van der Waals surface area contributed by atoms with Gasteiger partial charge in [0.05, 0.1) is 23.6 Å². The van der Waals surface area contributed by atoms with E-state index in [9.17, 15) is 0 Å². The number of hydrazone groups is 2. The van der Waals surface area contributed by atoms with Crippen molar-refractivity contribution in [3.63, 3.8) is 0 Å². The van der Waals surface area contributed by atoms with Gasteiger partial charge >= 0.3 is 0 Å². The molecule has 1 aliphatic carbocycles. The number of oxime groups is 2. The molecule has 482 valence electrons. The van der Waals surface area contributed by atoms with Gasteiger partial charge in [-0.3, -0.25) is 4.99 Å². The third-order valence-electron chi connectivity index (χ3n) is 13.3. The van der Waals surface area contributed by atoms with Crippen molar-refractivity contribution in [2.45, 2.75) is 294 Å². The zero-order valence-corrected chi connectivity index (χ0v) is 59.4. The van der Waals surface area contributed by atoms with Gasteiger partial charge in [-0.2, -0.15) is 10.2 Å². The van der Waals surface area contributed by atoms with E-state index in [2.05, 4.69) is 249 Å². The topological polar surface area (TPSA) is 166 Å². The van der Waals surface area contributed by atoms with Gasteiger partial charge in [0.1, 0.15) is 12.2 Å².